The number of thioether (sulfide) groups is 1. The quantitative estimate of drug-likeness (QED) is 0.530. The molecule has 2 aromatic carbocycles. The van der Waals surface area contributed by atoms with Gasteiger partial charge in [0.05, 0.1) is 10.2 Å². The monoisotopic (exact) mass is 454 g/mol. The lowest BCUT2D eigenvalue weighted by atomic mass is 10.1. The minimum absolute atomic E-state index is 0.00639. The number of carbonyl (C=O) groups is 1. The Balaban J connectivity index is 1.24. The summed E-state index contributed by atoms with van der Waals surface area (Å²) in [5.74, 6) is 1.05. The minimum atomic E-state index is 0.00639. The summed E-state index contributed by atoms with van der Waals surface area (Å²) >= 11 is 3.59. The predicted molar refractivity (Wildman–Crippen MR) is 133 cm³/mol. The van der Waals surface area contributed by atoms with Crippen LogP contribution in [0, 0.1) is 13.8 Å². The van der Waals surface area contributed by atoms with Crippen molar-refractivity contribution in [2.75, 3.05) is 49.9 Å². The molecule has 1 saturated heterocycles. The van der Waals surface area contributed by atoms with Crippen molar-refractivity contribution >= 4 is 44.4 Å². The van der Waals surface area contributed by atoms with Gasteiger partial charge in [0.25, 0.3) is 5.91 Å². The van der Waals surface area contributed by atoms with Crippen LogP contribution >= 0.6 is 23.1 Å². The number of carbonyl (C=O) groups excluding carboxylic acids is 1. The van der Waals surface area contributed by atoms with E-state index < -0.39 is 0 Å². The summed E-state index contributed by atoms with van der Waals surface area (Å²) in [4.78, 5) is 23.3. The number of thiazole rings is 1. The van der Waals surface area contributed by atoms with E-state index in [1.165, 1.54) is 20.7 Å². The van der Waals surface area contributed by atoms with Crippen LogP contribution in [-0.2, 0) is 0 Å². The van der Waals surface area contributed by atoms with Crippen LogP contribution in [0.2, 0.25) is 0 Å². The zero-order chi connectivity index (χ0) is 21.8. The van der Waals surface area contributed by atoms with E-state index in [-0.39, 0.29) is 5.91 Å². The number of rotatable bonds is 7. The topological polar surface area (TPSA) is 48.5 Å². The summed E-state index contributed by atoms with van der Waals surface area (Å²) in [6, 6.07) is 12.2. The molecule has 1 aromatic heterocycles. The van der Waals surface area contributed by atoms with Gasteiger partial charge in [-0.3, -0.25) is 9.69 Å². The van der Waals surface area contributed by atoms with E-state index in [0.717, 1.165) is 54.7 Å². The number of hydrogen-bond donors (Lipinski definition) is 1. The number of amides is 1. The SMILES string of the molecule is CCSc1ccc(C(=O)NCCN2CCN(c3nc4c(C)ccc(C)c4s3)CC2)cc1. The number of aryl methyl sites for hydroxylation is 2. The molecule has 0 aliphatic carbocycles. The zero-order valence-electron chi connectivity index (χ0n) is 18.5. The Morgan fingerprint density at radius 1 is 1.06 bits per heavy atom. The molecule has 0 unspecified atom stereocenters. The Morgan fingerprint density at radius 3 is 2.45 bits per heavy atom. The third kappa shape index (κ3) is 5.22. The molecule has 1 amide bonds. The number of aromatic nitrogens is 1. The standard InChI is InChI=1S/C24H30N4OS2/c1-4-30-20-9-7-19(8-10-20)23(29)25-11-12-27-13-15-28(16-14-27)24-26-21-17(2)5-6-18(3)22(21)31-24/h5-10H,4,11-16H2,1-3H3,(H,25,29). The van der Waals surface area contributed by atoms with E-state index in [9.17, 15) is 4.79 Å². The average molecular weight is 455 g/mol. The molecule has 0 spiro atoms. The molecular weight excluding hydrogens is 424 g/mol. The summed E-state index contributed by atoms with van der Waals surface area (Å²) < 4.78 is 1.31. The van der Waals surface area contributed by atoms with Crippen LogP contribution in [0.25, 0.3) is 10.2 Å². The van der Waals surface area contributed by atoms with Crippen LogP contribution in [0.3, 0.4) is 0 Å². The highest BCUT2D eigenvalue weighted by Crippen LogP contribution is 2.33. The van der Waals surface area contributed by atoms with E-state index in [1.54, 1.807) is 23.1 Å². The molecule has 0 radical (unpaired) electrons. The normalized spacial score (nSPS) is 14.9. The predicted octanol–water partition coefficient (Wildman–Crippen LogP) is 4.58. The van der Waals surface area contributed by atoms with Crippen molar-refractivity contribution in [3.8, 4) is 0 Å². The van der Waals surface area contributed by atoms with Crippen LogP contribution < -0.4 is 10.2 Å². The molecule has 0 bridgehead atoms. The van der Waals surface area contributed by atoms with Crippen LogP contribution in [0.5, 0.6) is 0 Å². The fourth-order valence-electron chi connectivity index (χ4n) is 3.84. The number of hydrogen-bond acceptors (Lipinski definition) is 6. The summed E-state index contributed by atoms with van der Waals surface area (Å²) in [5, 5.41) is 4.19. The van der Waals surface area contributed by atoms with Crippen molar-refractivity contribution in [2.45, 2.75) is 25.7 Å². The van der Waals surface area contributed by atoms with Crippen molar-refractivity contribution in [3.05, 3.63) is 53.1 Å². The lowest BCUT2D eigenvalue weighted by Gasteiger charge is -2.34. The van der Waals surface area contributed by atoms with Gasteiger partial charge in [-0.05, 0) is 55.0 Å². The molecule has 164 valence electrons. The van der Waals surface area contributed by atoms with Crippen molar-refractivity contribution in [2.24, 2.45) is 0 Å². The molecule has 31 heavy (non-hydrogen) atoms. The smallest absolute Gasteiger partial charge is 0.251 e. The summed E-state index contributed by atoms with van der Waals surface area (Å²) in [6.07, 6.45) is 0. The van der Waals surface area contributed by atoms with Crippen molar-refractivity contribution in [1.82, 2.24) is 15.2 Å². The van der Waals surface area contributed by atoms with Crippen molar-refractivity contribution in [1.29, 1.82) is 0 Å². The second kappa shape index (κ2) is 10.0. The summed E-state index contributed by atoms with van der Waals surface area (Å²) in [7, 11) is 0. The first-order chi connectivity index (χ1) is 15.0. The van der Waals surface area contributed by atoms with Gasteiger partial charge in [-0.25, -0.2) is 4.98 Å². The molecule has 3 aromatic rings. The van der Waals surface area contributed by atoms with Gasteiger partial charge < -0.3 is 10.2 Å². The fourth-order valence-corrected chi connectivity index (χ4v) is 5.67. The first kappa shape index (κ1) is 22.1. The third-order valence-corrected chi connectivity index (χ3v) is 7.86. The van der Waals surface area contributed by atoms with Gasteiger partial charge in [0.2, 0.25) is 0 Å². The Bertz CT molecular complexity index is 1000. The lowest BCUT2D eigenvalue weighted by molar-refractivity contribution is 0.0947. The number of benzene rings is 2. The fraction of sp³-hybridized carbons (Fsp3) is 0.417. The van der Waals surface area contributed by atoms with Gasteiger partial charge in [0.15, 0.2) is 5.13 Å². The molecule has 1 fully saturated rings. The molecule has 5 nitrogen and oxygen atoms in total. The maximum absolute atomic E-state index is 12.4. The second-order valence-corrected chi connectivity index (χ2v) is 10.2. The number of fused-ring (bicyclic) bond motifs is 1. The summed E-state index contributed by atoms with van der Waals surface area (Å²) in [5.41, 5.74) is 4.42. The molecule has 1 aliphatic heterocycles. The number of nitrogens with one attached hydrogen (secondary N) is 1. The molecule has 0 atom stereocenters. The molecule has 1 N–H and O–H groups in total. The van der Waals surface area contributed by atoms with Crippen molar-refractivity contribution in [3.63, 3.8) is 0 Å². The van der Waals surface area contributed by atoms with Crippen molar-refractivity contribution < 1.29 is 4.79 Å². The van der Waals surface area contributed by atoms with Gasteiger partial charge in [0.1, 0.15) is 0 Å². The van der Waals surface area contributed by atoms with Gasteiger partial charge >= 0.3 is 0 Å². The Morgan fingerprint density at radius 2 is 1.77 bits per heavy atom. The van der Waals surface area contributed by atoms with E-state index in [4.69, 9.17) is 4.98 Å². The molecule has 0 saturated carbocycles. The average Bonchev–Trinajstić information content (AvgIpc) is 3.24. The Kier molecular flexibility index (Phi) is 7.15. The van der Waals surface area contributed by atoms with E-state index >= 15 is 0 Å². The largest absolute Gasteiger partial charge is 0.351 e. The van der Waals surface area contributed by atoms with Crippen LogP contribution in [0.1, 0.15) is 28.4 Å². The molecule has 2 heterocycles. The highest BCUT2D eigenvalue weighted by atomic mass is 32.2. The maximum atomic E-state index is 12.4. The number of anilines is 1. The van der Waals surface area contributed by atoms with Crippen LogP contribution in [-0.4, -0.2) is 60.8 Å². The number of piperazine rings is 1. The molecule has 1 aliphatic rings. The Hall–Kier alpha value is -2.09. The molecule has 4 rings (SSSR count). The van der Waals surface area contributed by atoms with Gasteiger partial charge in [-0.2, -0.15) is 0 Å². The lowest BCUT2D eigenvalue weighted by Crippen LogP contribution is -2.48. The zero-order valence-corrected chi connectivity index (χ0v) is 20.1. The second-order valence-electron chi connectivity index (χ2n) is 7.92. The summed E-state index contributed by atoms with van der Waals surface area (Å²) in [6.45, 7) is 11.9. The first-order valence-electron chi connectivity index (χ1n) is 10.9. The molecular formula is C24H30N4OS2. The highest BCUT2D eigenvalue weighted by molar-refractivity contribution is 7.99. The first-order valence-corrected chi connectivity index (χ1v) is 12.7. The van der Waals surface area contributed by atoms with Gasteiger partial charge in [0, 0.05) is 49.7 Å². The third-order valence-electron chi connectivity index (χ3n) is 5.71. The van der Waals surface area contributed by atoms with E-state index in [0.29, 0.717) is 6.54 Å². The van der Waals surface area contributed by atoms with Gasteiger partial charge in [-0.1, -0.05) is 30.4 Å². The maximum Gasteiger partial charge on any atom is 0.251 e. The molecule has 7 heteroatoms. The van der Waals surface area contributed by atoms with E-state index in [1.807, 2.05) is 24.3 Å². The Labute approximate surface area is 192 Å². The van der Waals surface area contributed by atoms with Gasteiger partial charge in [-0.15, -0.1) is 11.8 Å². The minimum Gasteiger partial charge on any atom is -0.351 e. The van der Waals surface area contributed by atoms with Crippen LogP contribution in [0.15, 0.2) is 41.3 Å². The van der Waals surface area contributed by atoms with E-state index in [2.05, 4.69) is 48.0 Å². The highest BCUT2D eigenvalue weighted by Gasteiger charge is 2.20. The van der Waals surface area contributed by atoms with Crippen LogP contribution in [0.4, 0.5) is 5.13 Å². The number of nitrogens with zero attached hydrogens (tertiary/aromatic N) is 3.